The fourth-order valence-electron chi connectivity index (χ4n) is 1.48. The van der Waals surface area contributed by atoms with Crippen LogP contribution < -0.4 is 11.5 Å². The van der Waals surface area contributed by atoms with Crippen LogP contribution in [0.5, 0.6) is 0 Å². The first-order chi connectivity index (χ1) is 6.70. The minimum Gasteiger partial charge on any atom is -0.368 e. The monoisotopic (exact) mass is 188 g/mol. The van der Waals surface area contributed by atoms with E-state index in [0.717, 1.165) is 22.2 Å². The van der Waals surface area contributed by atoms with Crippen molar-refractivity contribution in [3.63, 3.8) is 0 Å². The van der Waals surface area contributed by atoms with Crippen LogP contribution >= 0.6 is 0 Å². The summed E-state index contributed by atoms with van der Waals surface area (Å²) in [5.41, 5.74) is 14.0. The molecule has 0 aliphatic carbocycles. The zero-order chi connectivity index (χ0) is 10.1. The Morgan fingerprint density at radius 2 is 2.07 bits per heavy atom. The highest BCUT2D eigenvalue weighted by atomic mass is 15.0. The second-order valence-electron chi connectivity index (χ2n) is 3.25. The van der Waals surface area contributed by atoms with E-state index in [1.54, 1.807) is 0 Å². The van der Waals surface area contributed by atoms with Crippen LogP contribution in [0.4, 0.5) is 5.95 Å². The van der Waals surface area contributed by atoms with Crippen LogP contribution in [0.3, 0.4) is 0 Å². The van der Waals surface area contributed by atoms with E-state index in [4.69, 9.17) is 11.5 Å². The SMILES string of the molecule is Cc1ccc2c(CN)nc(N)nc2c1. The van der Waals surface area contributed by atoms with E-state index in [1.807, 2.05) is 25.1 Å². The maximum Gasteiger partial charge on any atom is 0.220 e. The quantitative estimate of drug-likeness (QED) is 0.699. The number of aryl methyl sites for hydroxylation is 1. The van der Waals surface area contributed by atoms with Crippen molar-refractivity contribution in [3.05, 3.63) is 29.5 Å². The summed E-state index contributed by atoms with van der Waals surface area (Å²) in [5, 5.41) is 0.979. The summed E-state index contributed by atoms with van der Waals surface area (Å²) in [5.74, 6) is 0.281. The average molecular weight is 188 g/mol. The highest BCUT2D eigenvalue weighted by Gasteiger charge is 2.04. The normalized spacial score (nSPS) is 10.7. The molecule has 0 fully saturated rings. The molecule has 0 aliphatic heterocycles. The zero-order valence-electron chi connectivity index (χ0n) is 7.99. The average Bonchev–Trinajstić information content (AvgIpc) is 2.15. The van der Waals surface area contributed by atoms with Crippen molar-refractivity contribution in [2.75, 3.05) is 5.73 Å². The third-order valence-corrected chi connectivity index (χ3v) is 2.14. The van der Waals surface area contributed by atoms with Gasteiger partial charge in [-0.05, 0) is 18.6 Å². The maximum absolute atomic E-state index is 5.58. The van der Waals surface area contributed by atoms with Crippen LogP contribution in [0.1, 0.15) is 11.3 Å². The second-order valence-corrected chi connectivity index (χ2v) is 3.25. The highest BCUT2D eigenvalue weighted by Crippen LogP contribution is 2.17. The fraction of sp³-hybridized carbons (Fsp3) is 0.200. The van der Waals surface area contributed by atoms with Gasteiger partial charge in [-0.3, -0.25) is 0 Å². The Balaban J connectivity index is 2.81. The molecule has 1 heterocycles. The molecule has 0 spiro atoms. The van der Waals surface area contributed by atoms with Crippen molar-refractivity contribution in [3.8, 4) is 0 Å². The Hall–Kier alpha value is -1.68. The van der Waals surface area contributed by atoms with Gasteiger partial charge in [-0.2, -0.15) is 0 Å². The van der Waals surface area contributed by atoms with Gasteiger partial charge < -0.3 is 11.5 Å². The summed E-state index contributed by atoms with van der Waals surface area (Å²) in [4.78, 5) is 8.25. The molecule has 4 N–H and O–H groups in total. The van der Waals surface area contributed by atoms with Crippen LogP contribution in [-0.2, 0) is 6.54 Å². The molecule has 14 heavy (non-hydrogen) atoms. The topological polar surface area (TPSA) is 77.8 Å². The van der Waals surface area contributed by atoms with Crippen molar-refractivity contribution in [2.24, 2.45) is 5.73 Å². The van der Waals surface area contributed by atoms with Crippen molar-refractivity contribution in [1.29, 1.82) is 0 Å². The summed E-state index contributed by atoms with van der Waals surface area (Å²) >= 11 is 0. The predicted octanol–water partition coefficient (Wildman–Crippen LogP) is 0.979. The number of nitrogens with zero attached hydrogens (tertiary/aromatic N) is 2. The standard InChI is InChI=1S/C10H12N4/c1-6-2-3-7-8(4-6)13-10(12)14-9(7)5-11/h2-4H,5,11H2,1H3,(H2,12,13,14). The lowest BCUT2D eigenvalue weighted by molar-refractivity contribution is 0.997. The Bertz CT molecular complexity index is 474. The third-order valence-electron chi connectivity index (χ3n) is 2.14. The lowest BCUT2D eigenvalue weighted by Gasteiger charge is -2.04. The van der Waals surface area contributed by atoms with Crippen LogP contribution in [0, 0.1) is 6.92 Å². The van der Waals surface area contributed by atoms with Gasteiger partial charge in [-0.25, -0.2) is 9.97 Å². The number of nitrogens with two attached hydrogens (primary N) is 2. The number of nitrogen functional groups attached to an aromatic ring is 1. The van der Waals surface area contributed by atoms with E-state index >= 15 is 0 Å². The van der Waals surface area contributed by atoms with Crippen LogP contribution in [0.15, 0.2) is 18.2 Å². The van der Waals surface area contributed by atoms with E-state index in [1.165, 1.54) is 0 Å². The van der Waals surface area contributed by atoms with E-state index in [2.05, 4.69) is 9.97 Å². The molecule has 0 saturated carbocycles. The molecular formula is C10H12N4. The summed E-state index contributed by atoms with van der Waals surface area (Å²) < 4.78 is 0. The Kier molecular flexibility index (Phi) is 2.05. The molecule has 2 rings (SSSR count). The molecule has 0 saturated heterocycles. The molecule has 1 aromatic heterocycles. The highest BCUT2D eigenvalue weighted by molar-refractivity contribution is 5.82. The summed E-state index contributed by atoms with van der Waals surface area (Å²) in [6.07, 6.45) is 0. The molecular weight excluding hydrogens is 176 g/mol. The van der Waals surface area contributed by atoms with Gasteiger partial charge in [0.1, 0.15) is 0 Å². The van der Waals surface area contributed by atoms with Crippen molar-refractivity contribution in [1.82, 2.24) is 9.97 Å². The molecule has 0 amide bonds. The number of fused-ring (bicyclic) bond motifs is 1. The Morgan fingerprint density at radius 3 is 2.79 bits per heavy atom. The van der Waals surface area contributed by atoms with Gasteiger partial charge in [-0.15, -0.1) is 0 Å². The molecule has 0 bridgehead atoms. The largest absolute Gasteiger partial charge is 0.368 e. The first kappa shape index (κ1) is 8.90. The van der Waals surface area contributed by atoms with Crippen molar-refractivity contribution in [2.45, 2.75) is 13.5 Å². The molecule has 72 valence electrons. The van der Waals surface area contributed by atoms with Gasteiger partial charge in [0, 0.05) is 11.9 Å². The summed E-state index contributed by atoms with van der Waals surface area (Å²) in [6.45, 7) is 2.39. The van der Waals surface area contributed by atoms with E-state index in [-0.39, 0.29) is 5.95 Å². The van der Waals surface area contributed by atoms with E-state index in [0.29, 0.717) is 6.54 Å². The molecule has 0 atom stereocenters. The third kappa shape index (κ3) is 1.40. The van der Waals surface area contributed by atoms with Gasteiger partial charge >= 0.3 is 0 Å². The zero-order valence-corrected chi connectivity index (χ0v) is 7.99. The lowest BCUT2D eigenvalue weighted by atomic mass is 10.1. The van der Waals surface area contributed by atoms with Crippen LogP contribution in [0.2, 0.25) is 0 Å². The van der Waals surface area contributed by atoms with Crippen LogP contribution in [0.25, 0.3) is 10.9 Å². The molecule has 4 nitrogen and oxygen atoms in total. The van der Waals surface area contributed by atoms with Crippen molar-refractivity contribution < 1.29 is 0 Å². The van der Waals surface area contributed by atoms with Gasteiger partial charge in [0.2, 0.25) is 5.95 Å². The molecule has 0 aliphatic rings. The first-order valence-electron chi connectivity index (χ1n) is 4.43. The van der Waals surface area contributed by atoms with Gasteiger partial charge in [0.05, 0.1) is 11.2 Å². The number of hydrogen-bond donors (Lipinski definition) is 2. The van der Waals surface area contributed by atoms with Crippen LogP contribution in [-0.4, -0.2) is 9.97 Å². The first-order valence-corrected chi connectivity index (χ1v) is 4.43. The van der Waals surface area contributed by atoms with Gasteiger partial charge in [-0.1, -0.05) is 12.1 Å². The van der Waals surface area contributed by atoms with Gasteiger partial charge in [0.15, 0.2) is 0 Å². The molecule has 4 heteroatoms. The van der Waals surface area contributed by atoms with Gasteiger partial charge in [0.25, 0.3) is 0 Å². The minimum atomic E-state index is 0.281. The molecule has 2 aromatic rings. The van der Waals surface area contributed by atoms with Crippen molar-refractivity contribution >= 4 is 16.9 Å². The molecule has 1 aromatic carbocycles. The lowest BCUT2D eigenvalue weighted by Crippen LogP contribution is -2.05. The predicted molar refractivity (Wildman–Crippen MR) is 56.6 cm³/mol. The summed E-state index contributed by atoms with van der Waals surface area (Å²) in [6, 6.07) is 5.97. The smallest absolute Gasteiger partial charge is 0.220 e. The maximum atomic E-state index is 5.58. The molecule has 0 radical (unpaired) electrons. The minimum absolute atomic E-state index is 0.281. The molecule has 0 unspecified atom stereocenters. The summed E-state index contributed by atoms with van der Waals surface area (Å²) in [7, 11) is 0. The number of anilines is 1. The number of aromatic nitrogens is 2. The Labute approximate surface area is 82.0 Å². The fourth-order valence-corrected chi connectivity index (χ4v) is 1.48. The number of benzene rings is 1. The number of rotatable bonds is 1. The second kappa shape index (κ2) is 3.23. The van der Waals surface area contributed by atoms with E-state index < -0.39 is 0 Å². The number of hydrogen-bond acceptors (Lipinski definition) is 4. The van der Waals surface area contributed by atoms with E-state index in [9.17, 15) is 0 Å². The Morgan fingerprint density at radius 1 is 1.29 bits per heavy atom.